The van der Waals surface area contributed by atoms with Gasteiger partial charge in [0.2, 0.25) is 0 Å². The molecular formula is C12H18N4OS2. The van der Waals surface area contributed by atoms with Crippen LogP contribution in [-0.2, 0) is 4.74 Å². The lowest BCUT2D eigenvalue weighted by molar-refractivity contribution is 0.184. The zero-order valence-electron chi connectivity index (χ0n) is 11.3. The molecule has 0 aromatic carbocycles. The maximum absolute atomic E-state index is 5.97. The number of aryl methyl sites for hydroxylation is 1. The summed E-state index contributed by atoms with van der Waals surface area (Å²) in [6.07, 6.45) is 0.973. The number of nitrogens with zero attached hydrogens (tertiary/aromatic N) is 2. The molecule has 2 heterocycles. The molecule has 2 aromatic rings. The van der Waals surface area contributed by atoms with E-state index in [2.05, 4.69) is 21.6 Å². The van der Waals surface area contributed by atoms with Gasteiger partial charge in [-0.2, -0.15) is 4.37 Å². The summed E-state index contributed by atoms with van der Waals surface area (Å²) in [7, 11) is 1.70. The average Bonchev–Trinajstić information content (AvgIpc) is 2.95. The lowest BCUT2D eigenvalue weighted by atomic mass is 10.2. The maximum Gasteiger partial charge on any atom is 0.148 e. The number of nitrogens with two attached hydrogens (primary N) is 1. The van der Waals surface area contributed by atoms with Gasteiger partial charge in [0.1, 0.15) is 10.8 Å². The molecule has 0 spiro atoms. The van der Waals surface area contributed by atoms with Gasteiger partial charge in [-0.25, -0.2) is 4.98 Å². The number of aromatic nitrogens is 2. The topological polar surface area (TPSA) is 73.1 Å². The van der Waals surface area contributed by atoms with Crippen LogP contribution in [0.15, 0.2) is 5.38 Å². The molecule has 0 bridgehead atoms. The van der Waals surface area contributed by atoms with E-state index in [0.29, 0.717) is 12.4 Å². The summed E-state index contributed by atoms with van der Waals surface area (Å²) >= 11 is 2.99. The second kappa shape index (κ2) is 6.31. The molecule has 0 saturated heterocycles. The Morgan fingerprint density at radius 2 is 2.32 bits per heavy atom. The zero-order chi connectivity index (χ0) is 13.8. The highest BCUT2D eigenvalue weighted by Crippen LogP contribution is 2.37. The van der Waals surface area contributed by atoms with E-state index in [1.54, 1.807) is 18.4 Å². The number of anilines is 2. The van der Waals surface area contributed by atoms with Crippen LogP contribution in [0.5, 0.6) is 0 Å². The summed E-state index contributed by atoms with van der Waals surface area (Å²) in [5.41, 5.74) is 7.77. The van der Waals surface area contributed by atoms with E-state index < -0.39 is 0 Å². The van der Waals surface area contributed by atoms with Gasteiger partial charge in [-0.3, -0.25) is 0 Å². The highest BCUT2D eigenvalue weighted by molar-refractivity contribution is 7.11. The Balaban J connectivity index is 2.27. The SMILES string of the molecule is CCC(COC)Nc1snc(N)c1-c1csc(C)n1. The molecule has 0 aliphatic heterocycles. The van der Waals surface area contributed by atoms with Crippen LogP contribution < -0.4 is 11.1 Å². The van der Waals surface area contributed by atoms with Crippen molar-refractivity contribution in [2.24, 2.45) is 0 Å². The van der Waals surface area contributed by atoms with E-state index in [1.807, 2.05) is 12.3 Å². The minimum Gasteiger partial charge on any atom is -0.383 e. The van der Waals surface area contributed by atoms with Gasteiger partial charge in [-0.1, -0.05) is 6.92 Å². The summed E-state index contributed by atoms with van der Waals surface area (Å²) in [6.45, 7) is 4.76. The molecule has 1 atom stereocenters. The van der Waals surface area contributed by atoms with E-state index in [0.717, 1.165) is 27.7 Å². The van der Waals surface area contributed by atoms with Gasteiger partial charge in [0.25, 0.3) is 0 Å². The molecular weight excluding hydrogens is 280 g/mol. The van der Waals surface area contributed by atoms with Crippen LogP contribution >= 0.6 is 22.9 Å². The maximum atomic E-state index is 5.97. The molecule has 19 heavy (non-hydrogen) atoms. The standard InChI is InChI=1S/C12H18N4OS2/c1-4-8(5-17-3)15-12-10(11(13)16-19-12)9-6-18-7(2)14-9/h6,8,15H,4-5H2,1-3H3,(H2,13,16). The number of rotatable bonds is 6. The Hall–Kier alpha value is -1.18. The molecule has 0 fully saturated rings. The molecule has 3 N–H and O–H groups in total. The van der Waals surface area contributed by atoms with Crippen molar-refractivity contribution in [3.63, 3.8) is 0 Å². The molecule has 0 aliphatic carbocycles. The number of hydrogen-bond acceptors (Lipinski definition) is 7. The lowest BCUT2D eigenvalue weighted by Crippen LogP contribution is -2.23. The van der Waals surface area contributed by atoms with E-state index in [4.69, 9.17) is 10.5 Å². The highest BCUT2D eigenvalue weighted by Gasteiger charge is 2.18. The molecule has 0 aliphatic rings. The molecule has 2 rings (SSSR count). The molecule has 7 heteroatoms. The van der Waals surface area contributed by atoms with Gasteiger partial charge in [0.05, 0.1) is 28.9 Å². The van der Waals surface area contributed by atoms with Gasteiger partial charge < -0.3 is 15.8 Å². The number of thiazole rings is 1. The van der Waals surface area contributed by atoms with Crippen molar-refractivity contribution in [1.82, 2.24) is 9.36 Å². The molecule has 0 radical (unpaired) electrons. The second-order valence-electron chi connectivity index (χ2n) is 4.23. The molecule has 104 valence electrons. The summed E-state index contributed by atoms with van der Waals surface area (Å²) in [5.74, 6) is 0.532. The van der Waals surface area contributed by atoms with Gasteiger partial charge in [0, 0.05) is 12.5 Å². The van der Waals surface area contributed by atoms with Gasteiger partial charge >= 0.3 is 0 Å². The summed E-state index contributed by atoms with van der Waals surface area (Å²) < 4.78 is 9.43. The number of nitrogen functional groups attached to an aromatic ring is 1. The molecule has 5 nitrogen and oxygen atoms in total. The number of nitrogens with one attached hydrogen (secondary N) is 1. The first-order valence-electron chi connectivity index (χ1n) is 6.08. The van der Waals surface area contributed by atoms with Crippen molar-refractivity contribution in [2.45, 2.75) is 26.3 Å². The van der Waals surface area contributed by atoms with E-state index in [9.17, 15) is 0 Å². The van der Waals surface area contributed by atoms with Crippen LogP contribution in [0.4, 0.5) is 10.8 Å². The first-order valence-corrected chi connectivity index (χ1v) is 7.74. The van der Waals surface area contributed by atoms with E-state index in [1.165, 1.54) is 11.5 Å². The number of methoxy groups -OCH3 is 1. The Morgan fingerprint density at radius 3 is 2.89 bits per heavy atom. The smallest absolute Gasteiger partial charge is 0.148 e. The Kier molecular flexibility index (Phi) is 4.73. The van der Waals surface area contributed by atoms with Crippen LogP contribution in [0.25, 0.3) is 11.3 Å². The van der Waals surface area contributed by atoms with E-state index in [-0.39, 0.29) is 6.04 Å². The number of ether oxygens (including phenoxy) is 1. The quantitative estimate of drug-likeness (QED) is 0.857. The first kappa shape index (κ1) is 14.2. The monoisotopic (exact) mass is 298 g/mol. The van der Waals surface area contributed by atoms with Crippen molar-refractivity contribution in [1.29, 1.82) is 0 Å². The number of hydrogen-bond donors (Lipinski definition) is 2. The fraction of sp³-hybridized carbons (Fsp3) is 0.500. The predicted octanol–water partition coefficient (Wildman–Crippen LogP) is 2.99. The average molecular weight is 298 g/mol. The van der Waals surface area contributed by atoms with Gasteiger partial charge in [-0.05, 0) is 24.9 Å². The zero-order valence-corrected chi connectivity index (χ0v) is 12.9. The fourth-order valence-corrected chi connectivity index (χ4v) is 3.18. The third-order valence-corrected chi connectivity index (χ3v) is 4.36. The molecule has 2 aromatic heterocycles. The minimum absolute atomic E-state index is 0.253. The third-order valence-electron chi connectivity index (χ3n) is 2.79. The largest absolute Gasteiger partial charge is 0.383 e. The van der Waals surface area contributed by atoms with Crippen LogP contribution in [0, 0.1) is 6.92 Å². The molecule has 0 amide bonds. The minimum atomic E-state index is 0.253. The second-order valence-corrected chi connectivity index (χ2v) is 6.06. The Bertz CT molecular complexity index is 538. The van der Waals surface area contributed by atoms with Gasteiger partial charge in [0.15, 0.2) is 0 Å². The van der Waals surface area contributed by atoms with Crippen molar-refractivity contribution in [3.05, 3.63) is 10.4 Å². The van der Waals surface area contributed by atoms with Crippen LogP contribution in [-0.4, -0.2) is 29.1 Å². The highest BCUT2D eigenvalue weighted by atomic mass is 32.1. The van der Waals surface area contributed by atoms with Crippen LogP contribution in [0.2, 0.25) is 0 Å². The van der Waals surface area contributed by atoms with Crippen molar-refractivity contribution in [3.8, 4) is 11.3 Å². The predicted molar refractivity (Wildman–Crippen MR) is 81.9 cm³/mol. The normalized spacial score (nSPS) is 12.6. The summed E-state index contributed by atoms with van der Waals surface area (Å²) in [6, 6.07) is 0.253. The molecule has 0 saturated carbocycles. The third kappa shape index (κ3) is 3.23. The Labute approximate surface area is 121 Å². The fourth-order valence-electron chi connectivity index (χ4n) is 1.77. The van der Waals surface area contributed by atoms with Crippen molar-refractivity contribution < 1.29 is 4.74 Å². The van der Waals surface area contributed by atoms with Crippen LogP contribution in [0.1, 0.15) is 18.4 Å². The summed E-state index contributed by atoms with van der Waals surface area (Å²) in [4.78, 5) is 4.49. The Morgan fingerprint density at radius 1 is 1.53 bits per heavy atom. The van der Waals surface area contributed by atoms with Gasteiger partial charge in [-0.15, -0.1) is 11.3 Å². The van der Waals surface area contributed by atoms with Crippen LogP contribution in [0.3, 0.4) is 0 Å². The lowest BCUT2D eigenvalue weighted by Gasteiger charge is -2.16. The summed E-state index contributed by atoms with van der Waals surface area (Å²) in [5, 5.41) is 7.44. The van der Waals surface area contributed by atoms with E-state index >= 15 is 0 Å². The molecule has 1 unspecified atom stereocenters. The first-order chi connectivity index (χ1) is 9.15. The van der Waals surface area contributed by atoms with Crippen molar-refractivity contribution >= 4 is 33.7 Å². The van der Waals surface area contributed by atoms with Crippen molar-refractivity contribution in [2.75, 3.05) is 24.8 Å².